The van der Waals surface area contributed by atoms with Crippen LogP contribution in [0.5, 0.6) is 11.5 Å². The Morgan fingerprint density at radius 1 is 1.20 bits per heavy atom. The summed E-state index contributed by atoms with van der Waals surface area (Å²) in [6.45, 7) is 1.48. The van der Waals surface area contributed by atoms with E-state index in [1.165, 1.54) is 20.2 Å². The van der Waals surface area contributed by atoms with Gasteiger partial charge in [0.2, 0.25) is 5.91 Å². The molecule has 35 heavy (non-hydrogen) atoms. The molecule has 0 aliphatic rings. The summed E-state index contributed by atoms with van der Waals surface area (Å²) in [4.78, 5) is 36.9. The summed E-state index contributed by atoms with van der Waals surface area (Å²) in [5.41, 5.74) is 0.132. The number of aromatic amines is 1. The monoisotopic (exact) mass is 480 g/mol. The summed E-state index contributed by atoms with van der Waals surface area (Å²) < 4.78 is 32.7. The quantitative estimate of drug-likeness (QED) is 0.373. The molecule has 3 N–H and O–H groups in total. The minimum Gasteiger partial charge on any atom is -0.505 e. The molecule has 0 aliphatic carbocycles. The number of fused-ring (bicyclic) bond motifs is 1. The Morgan fingerprint density at radius 2 is 1.94 bits per heavy atom. The number of nitrogens with one attached hydrogen (secondary N) is 2. The number of rotatable bonds is 7. The number of amides is 1. The maximum absolute atomic E-state index is 14.2. The lowest BCUT2D eigenvalue weighted by atomic mass is 9.90. The fourth-order valence-corrected chi connectivity index (χ4v) is 3.89. The van der Waals surface area contributed by atoms with Crippen LogP contribution < -0.4 is 15.6 Å². The van der Waals surface area contributed by atoms with Gasteiger partial charge in [0.25, 0.3) is 5.56 Å². The normalized spacial score (nSPS) is 12.8. The molecule has 180 valence electrons. The molecule has 2 atom stereocenters. The molecule has 8 nitrogen and oxygen atoms in total. The molecule has 4 rings (SSSR count). The Bertz CT molecular complexity index is 1440. The summed E-state index contributed by atoms with van der Waals surface area (Å²) in [6.07, 6.45) is 2.34. The van der Waals surface area contributed by atoms with Crippen LogP contribution in [0.2, 0.25) is 0 Å². The van der Waals surface area contributed by atoms with E-state index < -0.39 is 40.8 Å². The lowest BCUT2D eigenvalue weighted by molar-refractivity contribution is -0.123. The van der Waals surface area contributed by atoms with E-state index in [-0.39, 0.29) is 23.2 Å². The second kappa shape index (κ2) is 9.88. The number of pyridine rings is 3. The number of carbonyl (C=O) groups excluding carboxylic acids is 1. The molecule has 0 spiro atoms. The molecule has 0 bridgehead atoms. The van der Waals surface area contributed by atoms with Crippen molar-refractivity contribution in [3.05, 3.63) is 93.7 Å². The van der Waals surface area contributed by atoms with E-state index >= 15 is 0 Å². The summed E-state index contributed by atoms with van der Waals surface area (Å²) in [5.74, 6) is -3.39. The molecule has 0 radical (unpaired) electrons. The number of ether oxygens (including phenoxy) is 1. The molecule has 1 aromatic carbocycles. The summed E-state index contributed by atoms with van der Waals surface area (Å²) in [5, 5.41) is 13.6. The first-order valence-electron chi connectivity index (χ1n) is 10.7. The number of aromatic nitrogens is 3. The number of methoxy groups -OCH3 is 1. The number of aromatic hydroxyl groups is 1. The van der Waals surface area contributed by atoms with Gasteiger partial charge in [-0.1, -0.05) is 12.1 Å². The van der Waals surface area contributed by atoms with Crippen LogP contribution in [-0.4, -0.2) is 33.1 Å². The maximum atomic E-state index is 14.2. The van der Waals surface area contributed by atoms with Gasteiger partial charge in [-0.15, -0.1) is 0 Å². The van der Waals surface area contributed by atoms with Gasteiger partial charge >= 0.3 is 0 Å². The second-order valence-corrected chi connectivity index (χ2v) is 7.97. The number of halogens is 2. The molecule has 0 aliphatic heterocycles. The maximum Gasteiger partial charge on any atom is 0.256 e. The molecule has 3 aromatic heterocycles. The Morgan fingerprint density at radius 3 is 2.63 bits per heavy atom. The first-order chi connectivity index (χ1) is 16.8. The number of benzene rings is 1. The number of carbonyl (C=O) groups is 1. The molecule has 1 unspecified atom stereocenters. The largest absolute Gasteiger partial charge is 0.505 e. The van der Waals surface area contributed by atoms with Crippen LogP contribution in [0, 0.1) is 11.6 Å². The summed E-state index contributed by atoms with van der Waals surface area (Å²) in [7, 11) is 1.52. The summed E-state index contributed by atoms with van der Waals surface area (Å²) in [6, 6.07) is 9.78. The highest BCUT2D eigenvalue weighted by atomic mass is 19.1. The molecule has 0 saturated carbocycles. The zero-order valence-corrected chi connectivity index (χ0v) is 18.9. The number of hydrogen-bond acceptors (Lipinski definition) is 6. The smallest absolute Gasteiger partial charge is 0.256 e. The van der Waals surface area contributed by atoms with Gasteiger partial charge in [-0.05, 0) is 43.2 Å². The van der Waals surface area contributed by atoms with Crippen LogP contribution in [0.1, 0.15) is 35.7 Å². The van der Waals surface area contributed by atoms with Crippen LogP contribution in [0.3, 0.4) is 0 Å². The number of hydrogen-bond donors (Lipinski definition) is 3. The molecule has 1 amide bonds. The van der Waals surface area contributed by atoms with E-state index in [2.05, 4.69) is 20.3 Å². The second-order valence-electron chi connectivity index (χ2n) is 7.97. The predicted molar refractivity (Wildman–Crippen MR) is 124 cm³/mol. The zero-order chi connectivity index (χ0) is 25.1. The van der Waals surface area contributed by atoms with Crippen molar-refractivity contribution in [2.75, 3.05) is 7.11 Å². The van der Waals surface area contributed by atoms with E-state index in [1.807, 2.05) is 0 Å². The van der Waals surface area contributed by atoms with E-state index in [9.17, 15) is 23.5 Å². The van der Waals surface area contributed by atoms with Gasteiger partial charge in [0, 0.05) is 12.3 Å². The van der Waals surface area contributed by atoms with Gasteiger partial charge in [0.1, 0.15) is 22.9 Å². The third-order valence-electron chi connectivity index (χ3n) is 5.65. The van der Waals surface area contributed by atoms with Crippen LogP contribution in [0.25, 0.3) is 11.0 Å². The van der Waals surface area contributed by atoms with E-state index in [1.54, 1.807) is 36.4 Å². The first kappa shape index (κ1) is 23.8. The van der Waals surface area contributed by atoms with Crippen molar-refractivity contribution >= 4 is 16.9 Å². The van der Waals surface area contributed by atoms with Crippen molar-refractivity contribution in [1.29, 1.82) is 0 Å². The Kier molecular flexibility index (Phi) is 6.72. The zero-order valence-electron chi connectivity index (χ0n) is 18.9. The topological polar surface area (TPSA) is 117 Å². The van der Waals surface area contributed by atoms with Crippen molar-refractivity contribution in [2.45, 2.75) is 25.3 Å². The van der Waals surface area contributed by atoms with E-state index in [0.29, 0.717) is 22.9 Å². The van der Waals surface area contributed by atoms with Crippen LogP contribution in [-0.2, 0) is 11.2 Å². The third-order valence-corrected chi connectivity index (χ3v) is 5.65. The van der Waals surface area contributed by atoms with Crippen molar-refractivity contribution in [3.63, 3.8) is 0 Å². The Labute approximate surface area is 198 Å². The fraction of sp³-hybridized carbons (Fsp3) is 0.200. The highest BCUT2D eigenvalue weighted by Crippen LogP contribution is 2.31. The molecule has 4 aromatic rings. The van der Waals surface area contributed by atoms with Gasteiger partial charge in [-0.2, -0.15) is 0 Å². The Hall–Kier alpha value is -4.34. The van der Waals surface area contributed by atoms with E-state index in [0.717, 1.165) is 6.20 Å². The predicted octanol–water partition coefficient (Wildman–Crippen LogP) is 3.51. The van der Waals surface area contributed by atoms with Gasteiger partial charge < -0.3 is 20.1 Å². The molecule has 3 heterocycles. The molecule has 0 saturated heterocycles. The Balaban J connectivity index is 1.75. The minimum absolute atomic E-state index is 0.0385. The summed E-state index contributed by atoms with van der Waals surface area (Å²) >= 11 is 0. The van der Waals surface area contributed by atoms with Crippen molar-refractivity contribution < 1.29 is 23.4 Å². The van der Waals surface area contributed by atoms with Gasteiger partial charge in [-0.25, -0.2) is 8.78 Å². The van der Waals surface area contributed by atoms with Gasteiger partial charge in [-0.3, -0.25) is 19.6 Å². The lowest BCUT2D eigenvalue weighted by Crippen LogP contribution is -2.36. The number of nitrogens with zero attached hydrogens (tertiary/aromatic N) is 2. The lowest BCUT2D eigenvalue weighted by Gasteiger charge is -2.21. The average molecular weight is 480 g/mol. The minimum atomic E-state index is -1.16. The highest BCUT2D eigenvalue weighted by Gasteiger charge is 2.30. The van der Waals surface area contributed by atoms with Gasteiger partial charge in [0.05, 0.1) is 42.0 Å². The fourth-order valence-electron chi connectivity index (χ4n) is 3.89. The van der Waals surface area contributed by atoms with Crippen LogP contribution in [0.15, 0.2) is 59.7 Å². The average Bonchev–Trinajstić information content (AvgIpc) is 2.83. The molecule has 0 fully saturated rings. The number of H-pyrrole nitrogens is 1. The van der Waals surface area contributed by atoms with E-state index in [4.69, 9.17) is 4.74 Å². The van der Waals surface area contributed by atoms with Crippen LogP contribution in [0.4, 0.5) is 8.78 Å². The van der Waals surface area contributed by atoms with Crippen molar-refractivity contribution in [1.82, 2.24) is 20.3 Å². The third kappa shape index (κ3) is 4.96. The first-order valence-corrected chi connectivity index (χ1v) is 10.7. The standard InChI is InChI=1S/C25H22F2N4O4/c1-13(21-18(27)11-15(26)12-29-21)30-24(33)17(10-14-5-7-16(35-2)8-6-14)20-23(32)22-19(31-25(20)34)4-3-9-28-22/h3-9,11-13,17H,10H2,1-2H3,(H,30,33)(H2,31,32,34)/t13-,17?/m1/s1. The molecular weight excluding hydrogens is 458 g/mol. The van der Waals surface area contributed by atoms with Crippen molar-refractivity contribution in [3.8, 4) is 11.5 Å². The SMILES string of the molecule is COc1ccc(CC(C(=O)N[C@H](C)c2ncc(F)cc2F)c2c(O)c3ncccc3[nH]c2=O)cc1. The molecule has 10 heteroatoms. The van der Waals surface area contributed by atoms with Crippen LogP contribution >= 0.6 is 0 Å². The van der Waals surface area contributed by atoms with Crippen molar-refractivity contribution in [2.24, 2.45) is 0 Å². The van der Waals surface area contributed by atoms with Gasteiger partial charge in [0.15, 0.2) is 5.75 Å². The highest BCUT2D eigenvalue weighted by molar-refractivity contribution is 5.89. The molecular formula is C25H22F2N4O4.